The second-order valence-corrected chi connectivity index (χ2v) is 6.75. The summed E-state index contributed by atoms with van der Waals surface area (Å²) in [5.41, 5.74) is 6.11. The topological polar surface area (TPSA) is 58.6 Å². The molecule has 0 bridgehead atoms. The summed E-state index contributed by atoms with van der Waals surface area (Å²) in [7, 11) is 0. The van der Waals surface area contributed by atoms with E-state index in [4.69, 9.17) is 4.74 Å². The largest absolute Gasteiger partial charge is 0.448 e. The number of ether oxygens (including phenoxy) is 1. The lowest BCUT2D eigenvalue weighted by atomic mass is 9.98. The highest BCUT2D eigenvalue weighted by atomic mass is 16.5. The Labute approximate surface area is 158 Å². The van der Waals surface area contributed by atoms with Crippen LogP contribution < -0.4 is 5.32 Å². The van der Waals surface area contributed by atoms with E-state index in [0.29, 0.717) is 5.69 Å². The van der Waals surface area contributed by atoms with Crippen LogP contribution in [0.2, 0.25) is 0 Å². The number of carbonyl (C=O) groups is 1. The van der Waals surface area contributed by atoms with E-state index in [0.717, 1.165) is 5.56 Å². The number of anilines is 1. The fourth-order valence-corrected chi connectivity index (χ4v) is 3.63. The molecule has 0 saturated carbocycles. The van der Waals surface area contributed by atoms with Crippen LogP contribution in [-0.4, -0.2) is 17.8 Å². The average molecular weight is 359 g/mol. The van der Waals surface area contributed by atoms with Crippen LogP contribution in [0.15, 0.2) is 72.8 Å². The monoisotopic (exact) mass is 359 g/mol. The van der Waals surface area contributed by atoms with Crippen molar-refractivity contribution < 1.29 is 14.6 Å². The molecule has 2 N–H and O–H groups in total. The molecule has 1 unspecified atom stereocenters. The van der Waals surface area contributed by atoms with Crippen LogP contribution >= 0.6 is 0 Å². The molecule has 0 heterocycles. The number of aliphatic hydroxyl groups is 1. The van der Waals surface area contributed by atoms with Gasteiger partial charge < -0.3 is 9.84 Å². The SMILES string of the molecule is CC(O)c1cccc(NC(=O)OCC2c3ccccc3-c3ccccc32)c1. The van der Waals surface area contributed by atoms with E-state index in [-0.39, 0.29) is 12.5 Å². The summed E-state index contributed by atoms with van der Waals surface area (Å²) in [6, 6.07) is 23.6. The van der Waals surface area contributed by atoms with Crippen LogP contribution in [-0.2, 0) is 4.74 Å². The smallest absolute Gasteiger partial charge is 0.411 e. The Morgan fingerprint density at radius 1 is 1.00 bits per heavy atom. The molecular weight excluding hydrogens is 338 g/mol. The maximum absolute atomic E-state index is 12.3. The van der Waals surface area contributed by atoms with Crippen molar-refractivity contribution in [2.75, 3.05) is 11.9 Å². The van der Waals surface area contributed by atoms with Crippen LogP contribution in [0.3, 0.4) is 0 Å². The Morgan fingerprint density at radius 2 is 1.63 bits per heavy atom. The number of aliphatic hydroxyl groups excluding tert-OH is 1. The van der Waals surface area contributed by atoms with E-state index in [1.807, 2.05) is 30.3 Å². The molecule has 4 rings (SSSR count). The van der Waals surface area contributed by atoms with Gasteiger partial charge in [0.25, 0.3) is 0 Å². The van der Waals surface area contributed by atoms with Crippen molar-refractivity contribution in [3.8, 4) is 11.1 Å². The van der Waals surface area contributed by atoms with Gasteiger partial charge in [-0.25, -0.2) is 4.79 Å². The van der Waals surface area contributed by atoms with Gasteiger partial charge in [-0.05, 0) is 46.9 Å². The summed E-state index contributed by atoms with van der Waals surface area (Å²) in [6.07, 6.45) is -1.09. The van der Waals surface area contributed by atoms with E-state index in [2.05, 4.69) is 29.6 Å². The summed E-state index contributed by atoms with van der Waals surface area (Å²) < 4.78 is 5.53. The Morgan fingerprint density at radius 3 is 2.26 bits per heavy atom. The number of hydrogen-bond donors (Lipinski definition) is 2. The van der Waals surface area contributed by atoms with Crippen LogP contribution in [0.1, 0.15) is 35.6 Å². The minimum atomic E-state index is -0.589. The second-order valence-electron chi connectivity index (χ2n) is 6.75. The van der Waals surface area contributed by atoms with E-state index in [1.165, 1.54) is 22.3 Å². The highest BCUT2D eigenvalue weighted by molar-refractivity contribution is 5.85. The number of benzene rings is 3. The van der Waals surface area contributed by atoms with Gasteiger partial charge in [-0.2, -0.15) is 0 Å². The number of fused-ring (bicyclic) bond motifs is 3. The highest BCUT2D eigenvalue weighted by Gasteiger charge is 2.28. The van der Waals surface area contributed by atoms with E-state index >= 15 is 0 Å². The summed E-state index contributed by atoms with van der Waals surface area (Å²) in [5.74, 6) is 0.0342. The molecule has 1 aliphatic carbocycles. The van der Waals surface area contributed by atoms with Gasteiger partial charge in [-0.3, -0.25) is 5.32 Å². The Balaban J connectivity index is 1.47. The first-order valence-electron chi connectivity index (χ1n) is 9.03. The van der Waals surface area contributed by atoms with Crippen molar-refractivity contribution in [1.82, 2.24) is 0 Å². The zero-order valence-electron chi connectivity index (χ0n) is 15.1. The van der Waals surface area contributed by atoms with E-state index in [9.17, 15) is 9.90 Å². The van der Waals surface area contributed by atoms with Crippen molar-refractivity contribution >= 4 is 11.8 Å². The van der Waals surface area contributed by atoms with Crippen LogP contribution in [0.5, 0.6) is 0 Å². The molecule has 3 aromatic rings. The van der Waals surface area contributed by atoms with Crippen molar-refractivity contribution in [1.29, 1.82) is 0 Å². The van der Waals surface area contributed by atoms with Gasteiger partial charge in [0.05, 0.1) is 6.10 Å². The molecule has 4 heteroatoms. The Kier molecular flexibility index (Phi) is 4.65. The lowest BCUT2D eigenvalue weighted by molar-refractivity contribution is 0.158. The van der Waals surface area contributed by atoms with Gasteiger partial charge in [0.2, 0.25) is 0 Å². The third kappa shape index (κ3) is 3.44. The Bertz CT molecular complexity index is 935. The molecule has 0 saturated heterocycles. The molecule has 1 aliphatic rings. The molecule has 4 nitrogen and oxygen atoms in total. The van der Waals surface area contributed by atoms with Crippen LogP contribution in [0.4, 0.5) is 10.5 Å². The minimum Gasteiger partial charge on any atom is -0.448 e. The first-order chi connectivity index (χ1) is 13.1. The van der Waals surface area contributed by atoms with Crippen LogP contribution in [0.25, 0.3) is 11.1 Å². The minimum absolute atomic E-state index is 0.0342. The van der Waals surface area contributed by atoms with Gasteiger partial charge >= 0.3 is 6.09 Å². The molecule has 1 amide bonds. The molecule has 0 aliphatic heterocycles. The summed E-state index contributed by atoms with van der Waals surface area (Å²) >= 11 is 0. The normalized spacial score (nSPS) is 13.6. The number of carbonyl (C=O) groups excluding carboxylic acids is 1. The molecule has 3 aromatic carbocycles. The van der Waals surface area contributed by atoms with Crippen molar-refractivity contribution in [2.45, 2.75) is 18.9 Å². The third-order valence-corrected chi connectivity index (χ3v) is 4.96. The lowest BCUT2D eigenvalue weighted by Gasteiger charge is -2.15. The fraction of sp³-hybridized carbons (Fsp3) is 0.174. The molecule has 1 atom stereocenters. The molecule has 0 aromatic heterocycles. The van der Waals surface area contributed by atoms with Gasteiger partial charge in [0.1, 0.15) is 6.61 Å². The molecular formula is C23H21NO3. The average Bonchev–Trinajstić information content (AvgIpc) is 3.00. The predicted molar refractivity (Wildman–Crippen MR) is 106 cm³/mol. The van der Waals surface area contributed by atoms with Gasteiger partial charge in [0.15, 0.2) is 0 Å². The maximum Gasteiger partial charge on any atom is 0.411 e. The summed E-state index contributed by atoms with van der Waals surface area (Å²) in [4.78, 5) is 12.3. The Hall–Kier alpha value is -3.11. The molecule has 136 valence electrons. The number of hydrogen-bond acceptors (Lipinski definition) is 3. The number of amides is 1. The van der Waals surface area contributed by atoms with Crippen molar-refractivity contribution in [3.05, 3.63) is 89.5 Å². The zero-order chi connectivity index (χ0) is 18.8. The van der Waals surface area contributed by atoms with Gasteiger partial charge in [0, 0.05) is 11.6 Å². The number of rotatable bonds is 4. The molecule has 0 fully saturated rings. The molecule has 0 spiro atoms. The van der Waals surface area contributed by atoms with E-state index < -0.39 is 12.2 Å². The zero-order valence-corrected chi connectivity index (χ0v) is 15.1. The highest BCUT2D eigenvalue weighted by Crippen LogP contribution is 2.44. The third-order valence-electron chi connectivity index (χ3n) is 4.96. The van der Waals surface area contributed by atoms with Gasteiger partial charge in [-0.15, -0.1) is 0 Å². The number of nitrogens with one attached hydrogen (secondary N) is 1. The molecule has 27 heavy (non-hydrogen) atoms. The second kappa shape index (κ2) is 7.25. The summed E-state index contributed by atoms with van der Waals surface area (Å²) in [6.45, 7) is 1.96. The van der Waals surface area contributed by atoms with E-state index in [1.54, 1.807) is 25.1 Å². The lowest BCUT2D eigenvalue weighted by Crippen LogP contribution is -2.18. The van der Waals surface area contributed by atoms with Crippen molar-refractivity contribution in [2.24, 2.45) is 0 Å². The van der Waals surface area contributed by atoms with Gasteiger partial charge in [-0.1, -0.05) is 60.7 Å². The fourth-order valence-electron chi connectivity index (χ4n) is 3.63. The quantitative estimate of drug-likeness (QED) is 0.681. The van der Waals surface area contributed by atoms with Crippen molar-refractivity contribution in [3.63, 3.8) is 0 Å². The van der Waals surface area contributed by atoms with Crippen LogP contribution in [0, 0.1) is 0 Å². The standard InChI is InChI=1S/C23H21NO3/c1-15(25)16-7-6-8-17(13-16)24-23(26)27-14-22-20-11-4-2-9-18(20)19-10-3-5-12-21(19)22/h2-13,15,22,25H,14H2,1H3,(H,24,26). The first kappa shape index (κ1) is 17.3. The summed E-state index contributed by atoms with van der Waals surface area (Å²) in [5, 5.41) is 12.4. The predicted octanol–water partition coefficient (Wildman–Crippen LogP) is 5.10. The maximum atomic E-state index is 12.3. The first-order valence-corrected chi connectivity index (χ1v) is 9.03. The molecule has 0 radical (unpaired) electrons.